The summed E-state index contributed by atoms with van der Waals surface area (Å²) < 4.78 is 0. The summed E-state index contributed by atoms with van der Waals surface area (Å²) in [5, 5.41) is 0. The first kappa shape index (κ1) is 18.7. The second-order valence-electron chi connectivity index (χ2n) is 9.03. The molecule has 1 aromatic heterocycles. The molecule has 152 valence electrons. The number of piperidine rings is 2. The van der Waals surface area contributed by atoms with Gasteiger partial charge in [0.05, 0.1) is 5.69 Å². The van der Waals surface area contributed by atoms with E-state index >= 15 is 0 Å². The smallest absolute Gasteiger partial charge is 0.253 e. The zero-order chi connectivity index (χ0) is 19.8. The van der Waals surface area contributed by atoms with E-state index in [4.69, 9.17) is 4.98 Å². The summed E-state index contributed by atoms with van der Waals surface area (Å²) >= 11 is 0. The van der Waals surface area contributed by atoms with Crippen molar-refractivity contribution in [1.29, 1.82) is 0 Å². The number of fused-ring (bicyclic) bond motifs is 2. The second kappa shape index (κ2) is 7.52. The Kier molecular flexibility index (Phi) is 4.86. The van der Waals surface area contributed by atoms with Crippen molar-refractivity contribution in [2.24, 2.45) is 0 Å². The molecule has 0 N–H and O–H groups in total. The average Bonchev–Trinajstić information content (AvgIpc) is 3.11. The van der Waals surface area contributed by atoms with E-state index in [1.54, 1.807) is 0 Å². The van der Waals surface area contributed by atoms with Gasteiger partial charge in [-0.05, 0) is 69.7 Å². The standard InChI is InChI=1S/C24H30N4O/c1-18-25-16-20-8-12-24(22(20)26-18)11-5-13-28(17-24)21-9-14-27(15-10-21)23(29)19-6-3-2-4-7-19/h2-4,6-7,16,21H,5,8-15,17H2,1H3. The second-order valence-corrected chi connectivity index (χ2v) is 9.03. The van der Waals surface area contributed by atoms with Crippen molar-refractivity contribution in [1.82, 2.24) is 19.8 Å². The van der Waals surface area contributed by atoms with E-state index in [0.717, 1.165) is 50.3 Å². The van der Waals surface area contributed by atoms with Crippen LogP contribution in [-0.4, -0.2) is 57.9 Å². The molecule has 2 aliphatic heterocycles. The first-order chi connectivity index (χ1) is 14.1. The lowest BCUT2D eigenvalue weighted by atomic mass is 9.76. The number of rotatable bonds is 2. The van der Waals surface area contributed by atoms with E-state index in [-0.39, 0.29) is 11.3 Å². The van der Waals surface area contributed by atoms with Gasteiger partial charge in [0.25, 0.3) is 5.91 Å². The van der Waals surface area contributed by atoms with Crippen LogP contribution >= 0.6 is 0 Å². The van der Waals surface area contributed by atoms with Crippen LogP contribution in [-0.2, 0) is 11.8 Å². The van der Waals surface area contributed by atoms with E-state index in [1.807, 2.05) is 42.2 Å². The molecule has 1 spiro atoms. The lowest BCUT2D eigenvalue weighted by Gasteiger charge is -2.46. The van der Waals surface area contributed by atoms with Crippen LogP contribution in [0.2, 0.25) is 0 Å². The predicted molar refractivity (Wildman–Crippen MR) is 113 cm³/mol. The normalized spacial score (nSPS) is 25.3. The molecular weight excluding hydrogens is 360 g/mol. The van der Waals surface area contributed by atoms with Crippen LogP contribution in [0.3, 0.4) is 0 Å². The SMILES string of the molecule is Cc1ncc2c(n1)C1(CCCN(C3CCN(C(=O)c4ccccc4)CC3)C1)CC2. The molecule has 2 fully saturated rings. The molecule has 1 atom stereocenters. The fourth-order valence-corrected chi connectivity index (χ4v) is 5.70. The third-order valence-corrected chi connectivity index (χ3v) is 7.26. The van der Waals surface area contributed by atoms with Gasteiger partial charge in [0, 0.05) is 42.9 Å². The van der Waals surface area contributed by atoms with Gasteiger partial charge in [0.15, 0.2) is 0 Å². The number of benzene rings is 1. The third-order valence-electron chi connectivity index (χ3n) is 7.26. The first-order valence-corrected chi connectivity index (χ1v) is 11.1. The van der Waals surface area contributed by atoms with Crippen molar-refractivity contribution in [2.75, 3.05) is 26.2 Å². The van der Waals surface area contributed by atoms with Crippen LogP contribution in [0.1, 0.15) is 59.5 Å². The molecule has 1 unspecified atom stereocenters. The Morgan fingerprint density at radius 3 is 2.69 bits per heavy atom. The van der Waals surface area contributed by atoms with Gasteiger partial charge in [-0.2, -0.15) is 0 Å². The Balaban J connectivity index is 1.26. The number of nitrogens with zero attached hydrogens (tertiary/aromatic N) is 4. The molecule has 2 saturated heterocycles. The molecule has 0 radical (unpaired) electrons. The van der Waals surface area contributed by atoms with E-state index in [1.165, 1.54) is 37.1 Å². The number of likely N-dealkylation sites (tertiary alicyclic amines) is 2. The highest BCUT2D eigenvalue weighted by atomic mass is 16.2. The largest absolute Gasteiger partial charge is 0.339 e. The maximum absolute atomic E-state index is 12.8. The zero-order valence-electron chi connectivity index (χ0n) is 17.3. The molecule has 5 nitrogen and oxygen atoms in total. The molecule has 3 heterocycles. The molecule has 0 bridgehead atoms. The summed E-state index contributed by atoms with van der Waals surface area (Å²) in [4.78, 5) is 26.8. The quantitative estimate of drug-likeness (QED) is 0.789. The zero-order valence-corrected chi connectivity index (χ0v) is 17.3. The van der Waals surface area contributed by atoms with E-state index < -0.39 is 0 Å². The monoisotopic (exact) mass is 390 g/mol. The molecular formula is C24H30N4O. The Morgan fingerprint density at radius 2 is 1.90 bits per heavy atom. The van der Waals surface area contributed by atoms with Crippen molar-refractivity contribution in [3.8, 4) is 0 Å². The maximum Gasteiger partial charge on any atom is 0.253 e. The number of aryl methyl sites for hydroxylation is 2. The number of carbonyl (C=O) groups is 1. The van der Waals surface area contributed by atoms with Gasteiger partial charge in [-0.15, -0.1) is 0 Å². The minimum Gasteiger partial charge on any atom is -0.339 e. The summed E-state index contributed by atoms with van der Waals surface area (Å²) in [6, 6.07) is 10.3. The van der Waals surface area contributed by atoms with E-state index in [9.17, 15) is 4.79 Å². The van der Waals surface area contributed by atoms with Crippen LogP contribution < -0.4 is 0 Å². The Hall–Kier alpha value is -2.27. The van der Waals surface area contributed by atoms with Gasteiger partial charge in [-0.3, -0.25) is 9.69 Å². The first-order valence-electron chi connectivity index (χ1n) is 11.1. The van der Waals surface area contributed by atoms with Crippen molar-refractivity contribution < 1.29 is 4.79 Å². The number of amides is 1. The van der Waals surface area contributed by atoms with Crippen molar-refractivity contribution >= 4 is 5.91 Å². The van der Waals surface area contributed by atoms with Gasteiger partial charge < -0.3 is 4.90 Å². The van der Waals surface area contributed by atoms with Gasteiger partial charge in [0.1, 0.15) is 5.82 Å². The minimum atomic E-state index is 0.177. The molecule has 0 saturated carbocycles. The maximum atomic E-state index is 12.8. The molecule has 2 aromatic rings. The number of carbonyl (C=O) groups excluding carboxylic acids is 1. The summed E-state index contributed by atoms with van der Waals surface area (Å²) in [6.07, 6.45) is 9.02. The lowest BCUT2D eigenvalue weighted by molar-refractivity contribution is 0.0469. The predicted octanol–water partition coefficient (Wildman–Crippen LogP) is 3.37. The summed E-state index contributed by atoms with van der Waals surface area (Å²) in [5.41, 5.74) is 3.71. The molecule has 1 aliphatic carbocycles. The van der Waals surface area contributed by atoms with Crippen molar-refractivity contribution in [3.63, 3.8) is 0 Å². The average molecular weight is 391 g/mol. The molecule has 29 heavy (non-hydrogen) atoms. The highest BCUT2D eigenvalue weighted by molar-refractivity contribution is 5.94. The molecule has 1 amide bonds. The number of aromatic nitrogens is 2. The molecule has 5 heteroatoms. The fourth-order valence-electron chi connectivity index (χ4n) is 5.70. The van der Waals surface area contributed by atoms with Gasteiger partial charge in [0.2, 0.25) is 0 Å². The minimum absolute atomic E-state index is 0.177. The summed E-state index contributed by atoms with van der Waals surface area (Å²) in [6.45, 7) is 6.03. The Labute approximate surface area is 173 Å². The summed E-state index contributed by atoms with van der Waals surface area (Å²) in [7, 11) is 0. The van der Waals surface area contributed by atoms with E-state index in [2.05, 4.69) is 16.1 Å². The lowest BCUT2D eigenvalue weighted by Crippen LogP contribution is -2.53. The van der Waals surface area contributed by atoms with Crippen LogP contribution in [0, 0.1) is 6.92 Å². The molecule has 3 aliphatic rings. The Morgan fingerprint density at radius 1 is 1.10 bits per heavy atom. The highest BCUT2D eigenvalue weighted by Gasteiger charge is 2.45. The van der Waals surface area contributed by atoms with E-state index in [0.29, 0.717) is 6.04 Å². The number of hydrogen-bond acceptors (Lipinski definition) is 4. The van der Waals surface area contributed by atoms with Crippen LogP contribution in [0.4, 0.5) is 0 Å². The summed E-state index contributed by atoms with van der Waals surface area (Å²) in [5.74, 6) is 1.07. The molecule has 1 aromatic carbocycles. The third kappa shape index (κ3) is 3.46. The topological polar surface area (TPSA) is 49.3 Å². The molecule has 5 rings (SSSR count). The van der Waals surface area contributed by atoms with Crippen molar-refractivity contribution in [2.45, 2.75) is 56.9 Å². The van der Waals surface area contributed by atoms with Crippen LogP contribution in [0.5, 0.6) is 0 Å². The van der Waals surface area contributed by atoms with Gasteiger partial charge in [-0.1, -0.05) is 18.2 Å². The van der Waals surface area contributed by atoms with Crippen LogP contribution in [0.15, 0.2) is 36.5 Å². The highest BCUT2D eigenvalue weighted by Crippen LogP contribution is 2.44. The fraction of sp³-hybridized carbons (Fsp3) is 0.542. The van der Waals surface area contributed by atoms with Crippen molar-refractivity contribution in [3.05, 3.63) is 59.2 Å². The van der Waals surface area contributed by atoms with Gasteiger partial charge >= 0.3 is 0 Å². The van der Waals surface area contributed by atoms with Crippen LogP contribution in [0.25, 0.3) is 0 Å². The Bertz CT molecular complexity index is 887. The van der Waals surface area contributed by atoms with Gasteiger partial charge in [-0.25, -0.2) is 9.97 Å². The number of hydrogen-bond donors (Lipinski definition) is 0.